The van der Waals surface area contributed by atoms with Crippen LogP contribution in [-0.2, 0) is 11.3 Å². The van der Waals surface area contributed by atoms with Gasteiger partial charge in [0.1, 0.15) is 5.82 Å². The largest absolute Gasteiger partial charge is 0.396 e. The van der Waals surface area contributed by atoms with Crippen LogP contribution in [0, 0.1) is 18.7 Å². The number of hydrogen-bond acceptors (Lipinski definition) is 3. The number of aryl methyl sites for hydroxylation is 1. The van der Waals surface area contributed by atoms with E-state index in [4.69, 9.17) is 5.11 Å². The fraction of sp³-hybridized carbons (Fsp3) is 0.562. The number of amides is 1. The molecule has 1 unspecified atom stereocenters. The summed E-state index contributed by atoms with van der Waals surface area (Å²) in [5.41, 5.74) is 1.50. The van der Waals surface area contributed by atoms with Crippen LogP contribution in [0.1, 0.15) is 24.0 Å². The van der Waals surface area contributed by atoms with Gasteiger partial charge in [0.15, 0.2) is 0 Å². The van der Waals surface area contributed by atoms with Gasteiger partial charge >= 0.3 is 0 Å². The highest BCUT2D eigenvalue weighted by Crippen LogP contribution is 2.18. The van der Waals surface area contributed by atoms with E-state index in [9.17, 15) is 9.18 Å². The molecule has 0 aliphatic carbocycles. The Hall–Kier alpha value is -1.46. The van der Waals surface area contributed by atoms with E-state index in [1.54, 1.807) is 19.1 Å². The number of benzene rings is 1. The fourth-order valence-corrected chi connectivity index (χ4v) is 2.75. The Morgan fingerprint density at radius 1 is 1.52 bits per heavy atom. The number of aliphatic hydroxyl groups excluding tert-OH is 1. The van der Waals surface area contributed by atoms with E-state index in [1.807, 2.05) is 0 Å². The van der Waals surface area contributed by atoms with Gasteiger partial charge in [0.2, 0.25) is 5.91 Å². The number of likely N-dealkylation sites (tertiary alicyclic amines) is 1. The molecule has 1 saturated heterocycles. The molecule has 0 spiro atoms. The van der Waals surface area contributed by atoms with Crippen molar-refractivity contribution in [1.82, 2.24) is 10.2 Å². The maximum atomic E-state index is 13.2. The summed E-state index contributed by atoms with van der Waals surface area (Å²) in [5, 5.41) is 11.8. The van der Waals surface area contributed by atoms with Crippen LogP contribution in [-0.4, -0.2) is 42.2 Å². The summed E-state index contributed by atoms with van der Waals surface area (Å²) in [7, 11) is 0. The van der Waals surface area contributed by atoms with Crippen LogP contribution in [0.4, 0.5) is 4.39 Å². The lowest BCUT2D eigenvalue weighted by atomic mass is 10.1. The molecule has 1 aromatic carbocycles. The Labute approximate surface area is 125 Å². The van der Waals surface area contributed by atoms with Gasteiger partial charge in [0, 0.05) is 19.7 Å². The summed E-state index contributed by atoms with van der Waals surface area (Å²) in [6.07, 6.45) is 1.86. The van der Waals surface area contributed by atoms with Crippen LogP contribution in [0.3, 0.4) is 0 Å². The summed E-state index contributed by atoms with van der Waals surface area (Å²) < 4.78 is 13.2. The smallest absolute Gasteiger partial charge is 0.234 e. The minimum atomic E-state index is -0.225. The predicted molar refractivity (Wildman–Crippen MR) is 79.2 cm³/mol. The summed E-state index contributed by atoms with van der Waals surface area (Å²) >= 11 is 0. The van der Waals surface area contributed by atoms with Crippen molar-refractivity contribution in [3.8, 4) is 0 Å². The van der Waals surface area contributed by atoms with Crippen molar-refractivity contribution >= 4 is 5.91 Å². The lowest BCUT2D eigenvalue weighted by molar-refractivity contribution is -0.122. The van der Waals surface area contributed by atoms with E-state index in [0.717, 1.165) is 31.5 Å². The van der Waals surface area contributed by atoms with Gasteiger partial charge in [-0.3, -0.25) is 9.69 Å². The van der Waals surface area contributed by atoms with Crippen molar-refractivity contribution < 1.29 is 14.3 Å². The summed E-state index contributed by atoms with van der Waals surface area (Å²) in [5.74, 6) is 0.265. The van der Waals surface area contributed by atoms with E-state index in [0.29, 0.717) is 24.6 Å². The number of rotatable bonds is 6. The molecule has 1 amide bonds. The van der Waals surface area contributed by atoms with Crippen LogP contribution in [0.5, 0.6) is 0 Å². The standard InChI is InChI=1S/C16H23FN2O2/c1-12-8-14(2-3-15(12)17)9-18-16(21)11-19-6-4-13(10-19)5-7-20/h2-3,8,13,20H,4-7,9-11H2,1H3,(H,18,21). The lowest BCUT2D eigenvalue weighted by Crippen LogP contribution is -2.35. The molecular formula is C16H23FN2O2. The van der Waals surface area contributed by atoms with Crippen LogP contribution >= 0.6 is 0 Å². The molecule has 4 nitrogen and oxygen atoms in total. The normalized spacial score (nSPS) is 18.9. The van der Waals surface area contributed by atoms with Crippen molar-refractivity contribution in [2.45, 2.75) is 26.3 Å². The molecule has 21 heavy (non-hydrogen) atoms. The van der Waals surface area contributed by atoms with Crippen molar-refractivity contribution in [2.24, 2.45) is 5.92 Å². The second-order valence-electron chi connectivity index (χ2n) is 5.76. The van der Waals surface area contributed by atoms with Gasteiger partial charge in [-0.05, 0) is 49.4 Å². The Balaban J connectivity index is 1.74. The number of nitrogens with one attached hydrogen (secondary N) is 1. The van der Waals surface area contributed by atoms with E-state index in [-0.39, 0.29) is 18.3 Å². The summed E-state index contributed by atoms with van der Waals surface area (Å²) in [6, 6.07) is 4.87. The van der Waals surface area contributed by atoms with Crippen molar-refractivity contribution in [2.75, 3.05) is 26.2 Å². The van der Waals surface area contributed by atoms with Gasteiger partial charge in [0.05, 0.1) is 6.54 Å². The molecule has 2 rings (SSSR count). The zero-order valence-electron chi connectivity index (χ0n) is 12.4. The fourth-order valence-electron chi connectivity index (χ4n) is 2.75. The molecule has 1 heterocycles. The van der Waals surface area contributed by atoms with E-state index in [2.05, 4.69) is 10.2 Å². The molecule has 1 fully saturated rings. The molecule has 0 saturated carbocycles. The summed E-state index contributed by atoms with van der Waals surface area (Å²) in [4.78, 5) is 14.0. The van der Waals surface area contributed by atoms with Gasteiger partial charge in [-0.1, -0.05) is 12.1 Å². The molecule has 1 aliphatic heterocycles. The number of carbonyl (C=O) groups excluding carboxylic acids is 1. The van der Waals surface area contributed by atoms with E-state index in [1.165, 1.54) is 6.07 Å². The topological polar surface area (TPSA) is 52.6 Å². The molecule has 0 bridgehead atoms. The zero-order valence-corrected chi connectivity index (χ0v) is 12.4. The van der Waals surface area contributed by atoms with Crippen LogP contribution in [0.2, 0.25) is 0 Å². The zero-order chi connectivity index (χ0) is 15.2. The Morgan fingerprint density at radius 3 is 3.05 bits per heavy atom. The average molecular weight is 294 g/mol. The minimum Gasteiger partial charge on any atom is -0.396 e. The highest BCUT2D eigenvalue weighted by molar-refractivity contribution is 5.78. The summed E-state index contributed by atoms with van der Waals surface area (Å²) in [6.45, 7) is 4.54. The number of carbonyl (C=O) groups is 1. The lowest BCUT2D eigenvalue weighted by Gasteiger charge is -2.15. The number of nitrogens with zero attached hydrogens (tertiary/aromatic N) is 1. The molecule has 0 aromatic heterocycles. The second kappa shape index (κ2) is 7.52. The third-order valence-electron chi connectivity index (χ3n) is 3.99. The number of halogens is 1. The van der Waals surface area contributed by atoms with Gasteiger partial charge in [-0.25, -0.2) is 4.39 Å². The SMILES string of the molecule is Cc1cc(CNC(=O)CN2CCC(CCO)C2)ccc1F. The van der Waals surface area contributed by atoms with Gasteiger partial charge in [0.25, 0.3) is 0 Å². The molecule has 1 aromatic rings. The number of aliphatic hydroxyl groups is 1. The maximum Gasteiger partial charge on any atom is 0.234 e. The van der Waals surface area contributed by atoms with Crippen molar-refractivity contribution in [1.29, 1.82) is 0 Å². The molecule has 2 N–H and O–H groups in total. The number of hydrogen-bond donors (Lipinski definition) is 2. The van der Waals surface area contributed by atoms with Crippen molar-refractivity contribution in [3.05, 3.63) is 35.1 Å². The monoisotopic (exact) mass is 294 g/mol. The molecule has 5 heteroatoms. The molecule has 0 radical (unpaired) electrons. The predicted octanol–water partition coefficient (Wildman–Crippen LogP) is 1.45. The second-order valence-corrected chi connectivity index (χ2v) is 5.76. The first-order valence-electron chi connectivity index (χ1n) is 7.43. The first-order chi connectivity index (χ1) is 10.1. The quantitative estimate of drug-likeness (QED) is 0.835. The van der Waals surface area contributed by atoms with E-state index >= 15 is 0 Å². The highest BCUT2D eigenvalue weighted by atomic mass is 19.1. The molecule has 116 valence electrons. The van der Waals surface area contributed by atoms with Gasteiger partial charge < -0.3 is 10.4 Å². The third-order valence-corrected chi connectivity index (χ3v) is 3.99. The molecule has 1 aliphatic rings. The van der Waals surface area contributed by atoms with Crippen LogP contribution in [0.25, 0.3) is 0 Å². The Morgan fingerprint density at radius 2 is 2.33 bits per heavy atom. The van der Waals surface area contributed by atoms with Crippen molar-refractivity contribution in [3.63, 3.8) is 0 Å². The molecule has 1 atom stereocenters. The van der Waals surface area contributed by atoms with E-state index < -0.39 is 0 Å². The molecular weight excluding hydrogens is 271 g/mol. The van der Waals surface area contributed by atoms with Gasteiger partial charge in [-0.15, -0.1) is 0 Å². The maximum absolute atomic E-state index is 13.2. The third kappa shape index (κ3) is 4.79. The first-order valence-corrected chi connectivity index (χ1v) is 7.43. The van der Waals surface area contributed by atoms with Crippen LogP contribution in [0.15, 0.2) is 18.2 Å². The first kappa shape index (κ1) is 15.9. The highest BCUT2D eigenvalue weighted by Gasteiger charge is 2.23. The van der Waals surface area contributed by atoms with Crippen LogP contribution < -0.4 is 5.32 Å². The Bertz CT molecular complexity index is 493. The Kier molecular flexibility index (Phi) is 5.70. The minimum absolute atomic E-state index is 0.0124. The average Bonchev–Trinajstić information content (AvgIpc) is 2.88. The van der Waals surface area contributed by atoms with Gasteiger partial charge in [-0.2, -0.15) is 0 Å².